The molecule has 2 rings (SSSR count). The highest BCUT2D eigenvalue weighted by molar-refractivity contribution is 7.11. The molecule has 1 nitrogen and oxygen atoms in total. The number of halogens is 1. The zero-order valence-corrected chi connectivity index (χ0v) is 11.0. The van der Waals surface area contributed by atoms with E-state index in [1.165, 1.54) is 15.3 Å². The molecule has 0 radical (unpaired) electrons. The molecule has 3 heteroatoms. The Morgan fingerprint density at radius 3 is 2.69 bits per heavy atom. The van der Waals surface area contributed by atoms with E-state index < -0.39 is 0 Å². The number of anilines is 1. The van der Waals surface area contributed by atoms with E-state index in [-0.39, 0.29) is 0 Å². The van der Waals surface area contributed by atoms with Crippen LogP contribution in [0.1, 0.15) is 15.3 Å². The van der Waals surface area contributed by atoms with Crippen molar-refractivity contribution in [1.82, 2.24) is 0 Å². The fourth-order valence-corrected chi connectivity index (χ4v) is 2.55. The van der Waals surface area contributed by atoms with Crippen LogP contribution in [0, 0.1) is 13.8 Å². The lowest BCUT2D eigenvalue weighted by molar-refractivity contribution is 1.18. The summed E-state index contributed by atoms with van der Waals surface area (Å²) in [7, 11) is 0. The van der Waals surface area contributed by atoms with Gasteiger partial charge in [-0.2, -0.15) is 0 Å². The van der Waals surface area contributed by atoms with Gasteiger partial charge in [0.05, 0.1) is 0 Å². The molecule has 1 heterocycles. The third-order valence-corrected chi connectivity index (χ3v) is 3.68. The third-order valence-electron chi connectivity index (χ3n) is 2.45. The fourth-order valence-electron chi connectivity index (χ4n) is 1.55. The minimum absolute atomic E-state index is 0.774. The molecule has 0 fully saturated rings. The molecule has 1 N–H and O–H groups in total. The molecule has 0 amide bonds. The Bertz CT molecular complexity index is 490. The molecule has 0 atom stereocenters. The summed E-state index contributed by atoms with van der Waals surface area (Å²) in [6.45, 7) is 5.07. The van der Waals surface area contributed by atoms with E-state index >= 15 is 0 Å². The Balaban J connectivity index is 2.07. The highest BCUT2D eigenvalue weighted by Gasteiger charge is 2.00. The summed E-state index contributed by atoms with van der Waals surface area (Å²) in [6, 6.07) is 10.2. The Kier molecular flexibility index (Phi) is 3.52. The highest BCUT2D eigenvalue weighted by Crippen LogP contribution is 2.22. The van der Waals surface area contributed by atoms with Crippen LogP contribution in [0.25, 0.3) is 0 Å². The molecule has 1 aromatic carbocycles. The maximum absolute atomic E-state index is 5.97. The van der Waals surface area contributed by atoms with E-state index in [9.17, 15) is 0 Å². The van der Waals surface area contributed by atoms with Crippen molar-refractivity contribution in [2.24, 2.45) is 0 Å². The van der Waals surface area contributed by atoms with Gasteiger partial charge >= 0.3 is 0 Å². The molecule has 0 spiro atoms. The zero-order valence-electron chi connectivity index (χ0n) is 9.38. The third kappa shape index (κ3) is 2.77. The van der Waals surface area contributed by atoms with Crippen LogP contribution in [0.2, 0.25) is 5.02 Å². The molecule has 0 saturated heterocycles. The smallest absolute Gasteiger partial charge is 0.0494 e. The van der Waals surface area contributed by atoms with E-state index in [1.807, 2.05) is 29.5 Å². The van der Waals surface area contributed by atoms with Gasteiger partial charge < -0.3 is 5.32 Å². The van der Waals surface area contributed by atoms with Gasteiger partial charge in [-0.05, 0) is 43.7 Å². The lowest BCUT2D eigenvalue weighted by Gasteiger charge is -2.08. The first kappa shape index (κ1) is 11.5. The van der Waals surface area contributed by atoms with E-state index in [0.29, 0.717) is 0 Å². The first-order chi connectivity index (χ1) is 7.65. The molecule has 0 aliphatic heterocycles. The van der Waals surface area contributed by atoms with Crippen molar-refractivity contribution >= 4 is 28.6 Å². The second-order valence-electron chi connectivity index (χ2n) is 3.83. The van der Waals surface area contributed by atoms with Crippen molar-refractivity contribution < 1.29 is 0 Å². The fraction of sp³-hybridized carbons (Fsp3) is 0.231. The first-order valence-electron chi connectivity index (χ1n) is 5.20. The van der Waals surface area contributed by atoms with E-state index in [4.69, 9.17) is 11.6 Å². The molecule has 0 bridgehead atoms. The van der Waals surface area contributed by atoms with Gasteiger partial charge in [0.1, 0.15) is 0 Å². The molecule has 0 unspecified atom stereocenters. The van der Waals surface area contributed by atoms with Gasteiger partial charge in [0.15, 0.2) is 0 Å². The number of hydrogen-bond donors (Lipinski definition) is 1. The van der Waals surface area contributed by atoms with Gasteiger partial charge in [-0.15, -0.1) is 11.3 Å². The van der Waals surface area contributed by atoms with E-state index in [0.717, 1.165) is 17.3 Å². The highest BCUT2D eigenvalue weighted by atomic mass is 35.5. The number of aryl methyl sites for hydroxylation is 2. The molecule has 2 aromatic rings. The van der Waals surface area contributed by atoms with Crippen molar-refractivity contribution in [3.63, 3.8) is 0 Å². The minimum atomic E-state index is 0.774. The van der Waals surface area contributed by atoms with E-state index in [2.05, 4.69) is 31.3 Å². The lowest BCUT2D eigenvalue weighted by Crippen LogP contribution is -1.99. The molecular weight excluding hydrogens is 238 g/mol. The zero-order chi connectivity index (χ0) is 11.5. The van der Waals surface area contributed by atoms with Gasteiger partial charge in [0.2, 0.25) is 0 Å². The lowest BCUT2D eigenvalue weighted by atomic mass is 10.2. The maximum Gasteiger partial charge on any atom is 0.0494 e. The number of nitrogens with one attached hydrogen (secondary N) is 1. The van der Waals surface area contributed by atoms with Gasteiger partial charge in [-0.3, -0.25) is 0 Å². The Morgan fingerprint density at radius 1 is 1.19 bits per heavy atom. The Hall–Kier alpha value is -0.990. The van der Waals surface area contributed by atoms with Crippen LogP contribution in [-0.4, -0.2) is 0 Å². The number of benzene rings is 1. The number of rotatable bonds is 3. The predicted molar refractivity (Wildman–Crippen MR) is 72.6 cm³/mol. The van der Waals surface area contributed by atoms with Crippen LogP contribution in [0.15, 0.2) is 30.3 Å². The second kappa shape index (κ2) is 4.89. The summed E-state index contributed by atoms with van der Waals surface area (Å²) < 4.78 is 0. The molecule has 0 saturated carbocycles. The van der Waals surface area contributed by atoms with Gasteiger partial charge in [-0.1, -0.05) is 17.7 Å². The van der Waals surface area contributed by atoms with Gasteiger partial charge in [0.25, 0.3) is 0 Å². The van der Waals surface area contributed by atoms with Crippen molar-refractivity contribution in [1.29, 1.82) is 0 Å². The summed E-state index contributed by atoms with van der Waals surface area (Å²) in [5.74, 6) is 0. The topological polar surface area (TPSA) is 12.0 Å². The van der Waals surface area contributed by atoms with Crippen LogP contribution in [0.5, 0.6) is 0 Å². The summed E-state index contributed by atoms with van der Waals surface area (Å²) in [5.41, 5.74) is 2.33. The Labute approximate surface area is 105 Å². The average Bonchev–Trinajstić information content (AvgIpc) is 2.66. The van der Waals surface area contributed by atoms with Crippen LogP contribution in [0.4, 0.5) is 5.69 Å². The SMILES string of the molecule is Cc1ccc(CNc2cc(Cl)ccc2C)s1. The summed E-state index contributed by atoms with van der Waals surface area (Å²) in [5, 5.41) is 4.18. The molecule has 1 aromatic heterocycles. The Morgan fingerprint density at radius 2 is 2.00 bits per heavy atom. The maximum atomic E-state index is 5.97. The quantitative estimate of drug-likeness (QED) is 0.839. The minimum Gasteiger partial charge on any atom is -0.380 e. The second-order valence-corrected chi connectivity index (χ2v) is 5.63. The number of hydrogen-bond acceptors (Lipinski definition) is 2. The molecule has 0 aliphatic carbocycles. The first-order valence-corrected chi connectivity index (χ1v) is 6.40. The van der Waals surface area contributed by atoms with Crippen LogP contribution in [0.3, 0.4) is 0 Å². The van der Waals surface area contributed by atoms with E-state index in [1.54, 1.807) is 0 Å². The normalized spacial score (nSPS) is 10.4. The predicted octanol–water partition coefficient (Wildman–Crippen LogP) is 4.63. The summed E-state index contributed by atoms with van der Waals surface area (Å²) in [4.78, 5) is 2.69. The van der Waals surface area contributed by atoms with Crippen molar-refractivity contribution in [2.75, 3.05) is 5.32 Å². The number of thiophene rings is 1. The standard InChI is InChI=1S/C13H14ClNS/c1-9-3-5-11(14)7-13(9)15-8-12-6-4-10(2)16-12/h3-7,15H,8H2,1-2H3. The van der Waals surface area contributed by atoms with Crippen LogP contribution >= 0.6 is 22.9 Å². The van der Waals surface area contributed by atoms with Crippen molar-refractivity contribution in [2.45, 2.75) is 20.4 Å². The summed E-state index contributed by atoms with van der Waals surface area (Å²) >= 11 is 7.79. The van der Waals surface area contributed by atoms with Crippen molar-refractivity contribution in [3.05, 3.63) is 50.7 Å². The molecule has 16 heavy (non-hydrogen) atoms. The van der Waals surface area contributed by atoms with Crippen LogP contribution < -0.4 is 5.32 Å². The largest absolute Gasteiger partial charge is 0.380 e. The molecule has 0 aliphatic rings. The molecular formula is C13H14ClNS. The monoisotopic (exact) mass is 251 g/mol. The van der Waals surface area contributed by atoms with Gasteiger partial charge in [-0.25, -0.2) is 0 Å². The summed E-state index contributed by atoms with van der Waals surface area (Å²) in [6.07, 6.45) is 0. The van der Waals surface area contributed by atoms with Crippen molar-refractivity contribution in [3.8, 4) is 0 Å². The van der Waals surface area contributed by atoms with Crippen LogP contribution in [-0.2, 0) is 6.54 Å². The van der Waals surface area contributed by atoms with Gasteiger partial charge in [0, 0.05) is 27.0 Å². The molecule has 84 valence electrons. The average molecular weight is 252 g/mol.